The van der Waals surface area contributed by atoms with Gasteiger partial charge in [-0.25, -0.2) is 5.48 Å². The molecular weight excluding hydrogens is 204 g/mol. The van der Waals surface area contributed by atoms with E-state index in [0.717, 1.165) is 32.4 Å². The van der Waals surface area contributed by atoms with E-state index in [1.54, 1.807) is 5.48 Å². The van der Waals surface area contributed by atoms with Crippen LogP contribution in [0.1, 0.15) is 58.3 Å². The van der Waals surface area contributed by atoms with Gasteiger partial charge in [0.1, 0.15) is 0 Å². The topological polar surface area (TPSA) is 61.4 Å². The van der Waals surface area contributed by atoms with E-state index < -0.39 is 0 Å². The van der Waals surface area contributed by atoms with Crippen LogP contribution in [0.15, 0.2) is 0 Å². The van der Waals surface area contributed by atoms with Gasteiger partial charge in [0.25, 0.3) is 0 Å². The first-order valence-electron chi connectivity index (χ1n) is 6.45. The fourth-order valence-corrected chi connectivity index (χ4v) is 1.57. The van der Waals surface area contributed by atoms with Crippen molar-refractivity contribution in [3.8, 4) is 0 Å². The average Bonchev–Trinajstić information content (AvgIpc) is 2.31. The highest BCUT2D eigenvalue weighted by Crippen LogP contribution is 2.02. The maximum Gasteiger partial charge on any atom is 0.243 e. The number of hydrogen-bond acceptors (Lipinski definition) is 3. The van der Waals surface area contributed by atoms with Crippen LogP contribution >= 0.6 is 0 Å². The zero-order valence-electron chi connectivity index (χ0n) is 10.4. The van der Waals surface area contributed by atoms with Gasteiger partial charge in [-0.3, -0.25) is 10.0 Å². The molecule has 4 nitrogen and oxygen atoms in total. The Kier molecular flexibility index (Phi) is 12.0. The molecule has 96 valence electrons. The zero-order chi connectivity index (χ0) is 12.1. The Bertz CT molecular complexity index is 163. The van der Waals surface area contributed by atoms with Crippen LogP contribution in [-0.4, -0.2) is 24.2 Å². The predicted octanol–water partition coefficient (Wildman–Crippen LogP) is 2.22. The van der Waals surface area contributed by atoms with E-state index in [4.69, 9.17) is 5.21 Å². The fraction of sp³-hybridized carbons (Fsp3) is 0.917. The van der Waals surface area contributed by atoms with Gasteiger partial charge in [-0.1, -0.05) is 32.6 Å². The molecule has 0 radical (unpaired) electrons. The molecule has 1 amide bonds. The van der Waals surface area contributed by atoms with E-state index >= 15 is 0 Å². The number of carbonyl (C=O) groups excluding carboxylic acids is 1. The van der Waals surface area contributed by atoms with Gasteiger partial charge in [0.2, 0.25) is 5.91 Å². The number of hydrogen-bond donors (Lipinski definition) is 3. The highest BCUT2D eigenvalue weighted by Gasteiger charge is 1.97. The molecule has 0 aromatic heterocycles. The molecule has 0 saturated heterocycles. The van der Waals surface area contributed by atoms with Crippen molar-refractivity contribution in [1.29, 1.82) is 0 Å². The van der Waals surface area contributed by atoms with Crippen molar-refractivity contribution in [1.82, 2.24) is 10.8 Å². The van der Waals surface area contributed by atoms with Gasteiger partial charge in [0, 0.05) is 6.42 Å². The average molecular weight is 230 g/mol. The van der Waals surface area contributed by atoms with Crippen LogP contribution in [0.5, 0.6) is 0 Å². The Morgan fingerprint density at radius 1 is 1.00 bits per heavy atom. The van der Waals surface area contributed by atoms with Crippen LogP contribution in [0.2, 0.25) is 0 Å². The third-order valence-electron chi connectivity index (χ3n) is 2.59. The van der Waals surface area contributed by atoms with Crippen LogP contribution in [0, 0.1) is 0 Å². The fourth-order valence-electron chi connectivity index (χ4n) is 1.57. The largest absolute Gasteiger partial charge is 0.317 e. The normalized spacial score (nSPS) is 10.4. The Balaban J connectivity index is 2.96. The summed E-state index contributed by atoms with van der Waals surface area (Å²) < 4.78 is 0. The Morgan fingerprint density at radius 2 is 1.62 bits per heavy atom. The van der Waals surface area contributed by atoms with Crippen molar-refractivity contribution in [2.75, 3.05) is 13.1 Å². The van der Waals surface area contributed by atoms with Crippen molar-refractivity contribution < 1.29 is 10.0 Å². The lowest BCUT2D eigenvalue weighted by Gasteiger charge is -2.04. The summed E-state index contributed by atoms with van der Waals surface area (Å²) in [5, 5.41) is 11.7. The molecule has 0 rings (SSSR count). The summed E-state index contributed by atoms with van der Waals surface area (Å²) in [6, 6.07) is 0. The number of unbranched alkanes of at least 4 members (excludes halogenated alkanes) is 5. The molecule has 0 saturated carbocycles. The molecule has 16 heavy (non-hydrogen) atoms. The van der Waals surface area contributed by atoms with E-state index in [9.17, 15) is 4.79 Å². The summed E-state index contributed by atoms with van der Waals surface area (Å²) in [5.41, 5.74) is 1.64. The predicted molar refractivity (Wildman–Crippen MR) is 65.4 cm³/mol. The minimum atomic E-state index is -0.280. The van der Waals surface area contributed by atoms with Crippen LogP contribution < -0.4 is 10.8 Å². The van der Waals surface area contributed by atoms with Gasteiger partial charge in [-0.15, -0.1) is 0 Å². The van der Waals surface area contributed by atoms with Gasteiger partial charge in [-0.05, 0) is 32.4 Å². The summed E-state index contributed by atoms with van der Waals surface area (Å²) >= 11 is 0. The number of rotatable bonds is 11. The Morgan fingerprint density at radius 3 is 2.25 bits per heavy atom. The van der Waals surface area contributed by atoms with Crippen molar-refractivity contribution >= 4 is 5.91 Å². The standard InChI is InChI=1S/C12H26N2O2/c1-2-3-7-10-13-11-8-5-4-6-9-12(15)14-16/h13,16H,2-11H2,1H3,(H,14,15). The molecule has 3 N–H and O–H groups in total. The Hall–Kier alpha value is -0.610. The molecule has 0 aromatic rings. The second-order valence-electron chi connectivity index (χ2n) is 4.16. The quantitative estimate of drug-likeness (QED) is 0.290. The molecule has 0 fully saturated rings. The number of carbonyl (C=O) groups is 1. The zero-order valence-corrected chi connectivity index (χ0v) is 10.4. The summed E-state index contributed by atoms with van der Waals surface area (Å²) in [5.74, 6) is -0.280. The van der Waals surface area contributed by atoms with Crippen LogP contribution in [0.25, 0.3) is 0 Å². The van der Waals surface area contributed by atoms with Crippen molar-refractivity contribution in [3.63, 3.8) is 0 Å². The van der Waals surface area contributed by atoms with Crippen molar-refractivity contribution in [3.05, 3.63) is 0 Å². The van der Waals surface area contributed by atoms with Crippen LogP contribution in [0.3, 0.4) is 0 Å². The van der Waals surface area contributed by atoms with Crippen molar-refractivity contribution in [2.24, 2.45) is 0 Å². The van der Waals surface area contributed by atoms with E-state index in [2.05, 4.69) is 12.2 Å². The molecule has 0 spiro atoms. The minimum Gasteiger partial charge on any atom is -0.317 e. The smallest absolute Gasteiger partial charge is 0.243 e. The molecular formula is C12H26N2O2. The highest BCUT2D eigenvalue weighted by atomic mass is 16.5. The second-order valence-corrected chi connectivity index (χ2v) is 4.16. The van der Waals surface area contributed by atoms with Gasteiger partial charge in [0.05, 0.1) is 0 Å². The van der Waals surface area contributed by atoms with Crippen LogP contribution in [0.4, 0.5) is 0 Å². The lowest BCUT2D eigenvalue weighted by molar-refractivity contribution is -0.129. The molecule has 0 aliphatic heterocycles. The van der Waals surface area contributed by atoms with Gasteiger partial charge in [-0.2, -0.15) is 0 Å². The second kappa shape index (κ2) is 12.5. The van der Waals surface area contributed by atoms with Gasteiger partial charge >= 0.3 is 0 Å². The molecule has 0 heterocycles. The first-order valence-corrected chi connectivity index (χ1v) is 6.45. The SMILES string of the molecule is CCCCCNCCCCCCC(=O)NO. The number of hydroxylamine groups is 1. The van der Waals surface area contributed by atoms with Crippen LogP contribution in [-0.2, 0) is 4.79 Å². The molecule has 0 aliphatic carbocycles. The first-order chi connectivity index (χ1) is 7.81. The minimum absolute atomic E-state index is 0.280. The third-order valence-corrected chi connectivity index (χ3v) is 2.59. The molecule has 0 aliphatic rings. The van der Waals surface area contributed by atoms with E-state index in [0.29, 0.717) is 6.42 Å². The Labute approximate surface area is 98.8 Å². The van der Waals surface area contributed by atoms with Gasteiger partial charge < -0.3 is 5.32 Å². The lowest BCUT2D eigenvalue weighted by Crippen LogP contribution is -2.18. The maximum atomic E-state index is 10.7. The maximum absolute atomic E-state index is 10.7. The van der Waals surface area contributed by atoms with Crippen molar-refractivity contribution in [2.45, 2.75) is 58.3 Å². The summed E-state index contributed by atoms with van der Waals surface area (Å²) in [7, 11) is 0. The highest BCUT2D eigenvalue weighted by molar-refractivity contribution is 5.74. The number of amides is 1. The molecule has 4 heteroatoms. The monoisotopic (exact) mass is 230 g/mol. The summed E-state index contributed by atoms with van der Waals surface area (Å²) in [4.78, 5) is 10.7. The molecule has 0 unspecified atom stereocenters. The summed E-state index contributed by atoms with van der Waals surface area (Å²) in [6.07, 6.45) is 8.53. The van der Waals surface area contributed by atoms with E-state index in [-0.39, 0.29) is 5.91 Å². The lowest BCUT2D eigenvalue weighted by atomic mass is 10.1. The van der Waals surface area contributed by atoms with E-state index in [1.807, 2.05) is 0 Å². The molecule has 0 atom stereocenters. The summed E-state index contributed by atoms with van der Waals surface area (Å²) in [6.45, 7) is 4.42. The van der Waals surface area contributed by atoms with E-state index in [1.165, 1.54) is 25.7 Å². The van der Waals surface area contributed by atoms with Gasteiger partial charge in [0.15, 0.2) is 0 Å². The first kappa shape index (κ1) is 15.4. The molecule has 0 bridgehead atoms. The third kappa shape index (κ3) is 11.5. The molecule has 0 aromatic carbocycles. The number of nitrogens with one attached hydrogen (secondary N) is 2.